The van der Waals surface area contributed by atoms with Gasteiger partial charge in [0.2, 0.25) is 0 Å². The summed E-state index contributed by atoms with van der Waals surface area (Å²) in [6.45, 7) is 29.9. The summed E-state index contributed by atoms with van der Waals surface area (Å²) in [7, 11) is 0. The van der Waals surface area contributed by atoms with E-state index in [0.29, 0.717) is 0 Å². The summed E-state index contributed by atoms with van der Waals surface area (Å²) >= 11 is 0. The summed E-state index contributed by atoms with van der Waals surface area (Å²) in [5, 5.41) is 2.33. The Kier molecular flexibility index (Phi) is 9.12. The van der Waals surface area contributed by atoms with Gasteiger partial charge in [0.15, 0.2) is 0 Å². The second kappa shape index (κ2) is 14.0. The van der Waals surface area contributed by atoms with Crippen LogP contribution in [0.4, 0.5) is 34.1 Å². The Morgan fingerprint density at radius 1 is 0.429 bits per heavy atom. The van der Waals surface area contributed by atoms with Gasteiger partial charge in [-0.25, -0.2) is 0 Å². The molecule has 0 unspecified atom stereocenters. The SMILES string of the molecule is Cc1cc2c3c(c1)N(c1ccc(C(C)(C)C)cc1)c1cc(C(C)(C)C)ccc1B3c1ccc(C(C)(C)C)cc1N2c1ccc(-c2cccc3c2oc2c(C(C)(C)C)cccc23)cc1. The monoisotopic (exact) mass is 824 g/mol. The molecule has 0 saturated carbocycles. The molecule has 0 aliphatic carbocycles. The zero-order valence-corrected chi connectivity index (χ0v) is 39.6. The fourth-order valence-electron chi connectivity index (χ4n) is 10.2. The summed E-state index contributed by atoms with van der Waals surface area (Å²) in [5.74, 6) is 0. The van der Waals surface area contributed by atoms with E-state index in [1.807, 2.05) is 0 Å². The Labute approximate surface area is 375 Å². The molecular formula is C59H61BN2O. The molecule has 63 heavy (non-hydrogen) atoms. The normalized spacial score (nSPS) is 14.0. The summed E-state index contributed by atoms with van der Waals surface area (Å²) in [6.07, 6.45) is 0. The molecule has 0 radical (unpaired) electrons. The van der Waals surface area contributed by atoms with Crippen LogP contribution >= 0.6 is 0 Å². The standard InChI is InChI=1S/C59H61BN2O/c1-36-32-51-53-52(33-36)62(42-28-22-38(23-29-42)56(2,3)4)50-35-40(58(8,9)10)25-31-48(50)60(53)47-30-24-39(57(5,6)7)34-49(47)61(51)41-26-20-37(21-27-41)43-16-14-17-44-45-18-15-19-46(59(11,12)13)55(45)63-54(43)44/h14-35H,1-13H3. The number of hydrogen-bond donors (Lipinski definition) is 0. The van der Waals surface area contributed by atoms with Gasteiger partial charge >= 0.3 is 0 Å². The third kappa shape index (κ3) is 6.71. The molecular weight excluding hydrogens is 763 g/mol. The average molecular weight is 825 g/mol. The third-order valence-electron chi connectivity index (χ3n) is 13.7. The Morgan fingerprint density at radius 2 is 0.889 bits per heavy atom. The number of benzene rings is 7. The summed E-state index contributed by atoms with van der Waals surface area (Å²) in [5.41, 5.74) is 21.9. The lowest BCUT2D eigenvalue weighted by Gasteiger charge is -2.45. The summed E-state index contributed by atoms with van der Waals surface area (Å²) in [4.78, 5) is 5.09. The largest absolute Gasteiger partial charge is 0.455 e. The molecule has 0 spiro atoms. The lowest BCUT2D eigenvalue weighted by atomic mass is 9.33. The first-order chi connectivity index (χ1) is 29.7. The Bertz CT molecular complexity index is 3100. The Hall–Kier alpha value is -6.00. The van der Waals surface area contributed by atoms with Crippen LogP contribution in [0.3, 0.4) is 0 Å². The van der Waals surface area contributed by atoms with E-state index in [2.05, 4.69) is 233 Å². The van der Waals surface area contributed by atoms with E-state index in [0.717, 1.165) is 33.4 Å². The maximum Gasteiger partial charge on any atom is 0.252 e. The first-order valence-corrected chi connectivity index (χ1v) is 22.9. The third-order valence-corrected chi connectivity index (χ3v) is 13.7. The molecule has 0 N–H and O–H groups in total. The van der Waals surface area contributed by atoms with Crippen molar-refractivity contribution in [2.24, 2.45) is 0 Å². The average Bonchev–Trinajstić information content (AvgIpc) is 3.61. The van der Waals surface area contributed by atoms with Gasteiger partial charge in [0.05, 0.1) is 0 Å². The molecule has 316 valence electrons. The van der Waals surface area contributed by atoms with Crippen LogP contribution in [0.5, 0.6) is 0 Å². The fourth-order valence-corrected chi connectivity index (χ4v) is 10.2. The molecule has 3 heterocycles. The number of nitrogens with zero attached hydrogens (tertiary/aromatic N) is 2. The van der Waals surface area contributed by atoms with E-state index in [1.54, 1.807) is 0 Å². The molecule has 0 bridgehead atoms. The van der Waals surface area contributed by atoms with Crippen molar-refractivity contribution in [2.45, 2.75) is 112 Å². The van der Waals surface area contributed by atoms with Crippen molar-refractivity contribution >= 4 is 79.2 Å². The molecule has 10 rings (SSSR count). The highest BCUT2D eigenvalue weighted by atomic mass is 16.3. The number of fused-ring (bicyclic) bond motifs is 7. The predicted octanol–water partition coefficient (Wildman–Crippen LogP) is 14.8. The van der Waals surface area contributed by atoms with Gasteiger partial charge in [-0.3, -0.25) is 0 Å². The van der Waals surface area contributed by atoms with Gasteiger partial charge in [0.25, 0.3) is 6.71 Å². The van der Waals surface area contributed by atoms with Gasteiger partial charge in [-0.2, -0.15) is 0 Å². The highest BCUT2D eigenvalue weighted by molar-refractivity contribution is 7.00. The number of aryl methyl sites for hydroxylation is 1. The first kappa shape index (κ1) is 41.0. The van der Waals surface area contributed by atoms with Crippen LogP contribution in [0, 0.1) is 6.92 Å². The molecule has 2 aliphatic heterocycles. The van der Waals surface area contributed by atoms with Crippen molar-refractivity contribution in [3.05, 3.63) is 161 Å². The molecule has 0 amide bonds. The Morgan fingerprint density at radius 3 is 1.38 bits per heavy atom. The number of hydrogen-bond acceptors (Lipinski definition) is 3. The highest BCUT2D eigenvalue weighted by Crippen LogP contribution is 2.47. The highest BCUT2D eigenvalue weighted by Gasteiger charge is 2.44. The number of para-hydroxylation sites is 2. The number of anilines is 6. The van der Waals surface area contributed by atoms with Crippen LogP contribution < -0.4 is 26.2 Å². The minimum absolute atomic E-state index is 0.00478. The lowest BCUT2D eigenvalue weighted by molar-refractivity contribution is 0.573. The van der Waals surface area contributed by atoms with E-state index < -0.39 is 0 Å². The lowest BCUT2D eigenvalue weighted by Crippen LogP contribution is -2.61. The van der Waals surface area contributed by atoms with Gasteiger partial charge in [-0.05, 0) is 121 Å². The molecule has 3 nitrogen and oxygen atoms in total. The van der Waals surface area contributed by atoms with Crippen LogP contribution in [-0.2, 0) is 21.7 Å². The van der Waals surface area contributed by atoms with E-state index in [4.69, 9.17) is 4.42 Å². The molecule has 7 aromatic carbocycles. The van der Waals surface area contributed by atoms with Crippen molar-refractivity contribution in [3.8, 4) is 11.1 Å². The van der Waals surface area contributed by atoms with Crippen molar-refractivity contribution in [1.82, 2.24) is 0 Å². The zero-order chi connectivity index (χ0) is 44.5. The van der Waals surface area contributed by atoms with Gasteiger partial charge in [0, 0.05) is 56.0 Å². The van der Waals surface area contributed by atoms with Crippen LogP contribution in [-0.4, -0.2) is 6.71 Å². The van der Waals surface area contributed by atoms with Gasteiger partial charge in [-0.15, -0.1) is 0 Å². The minimum atomic E-state index is -0.0356. The van der Waals surface area contributed by atoms with Crippen molar-refractivity contribution in [3.63, 3.8) is 0 Å². The molecule has 4 heteroatoms. The maximum absolute atomic E-state index is 6.85. The van der Waals surface area contributed by atoms with E-state index in [1.165, 1.54) is 78.0 Å². The smallest absolute Gasteiger partial charge is 0.252 e. The van der Waals surface area contributed by atoms with E-state index in [9.17, 15) is 0 Å². The van der Waals surface area contributed by atoms with Crippen molar-refractivity contribution in [1.29, 1.82) is 0 Å². The maximum atomic E-state index is 6.85. The molecule has 0 saturated heterocycles. The fraction of sp³-hybridized carbons (Fsp3) is 0.288. The second-order valence-corrected chi connectivity index (χ2v) is 22.4. The van der Waals surface area contributed by atoms with Gasteiger partial charge < -0.3 is 14.2 Å². The first-order valence-electron chi connectivity index (χ1n) is 22.9. The molecule has 1 aromatic heterocycles. The number of furan rings is 1. The van der Waals surface area contributed by atoms with Crippen LogP contribution in [0.1, 0.15) is 111 Å². The van der Waals surface area contributed by atoms with Gasteiger partial charge in [-0.1, -0.05) is 168 Å². The zero-order valence-electron chi connectivity index (χ0n) is 39.6. The van der Waals surface area contributed by atoms with Crippen molar-refractivity contribution < 1.29 is 4.42 Å². The predicted molar refractivity (Wildman–Crippen MR) is 273 cm³/mol. The van der Waals surface area contributed by atoms with E-state index in [-0.39, 0.29) is 28.4 Å². The Balaban J connectivity index is 1.19. The summed E-state index contributed by atoms with van der Waals surface area (Å²) in [6, 6.07) is 51.0. The van der Waals surface area contributed by atoms with Crippen LogP contribution in [0.2, 0.25) is 0 Å². The van der Waals surface area contributed by atoms with E-state index >= 15 is 0 Å². The molecule has 8 aromatic rings. The molecule has 2 aliphatic rings. The van der Waals surface area contributed by atoms with Crippen LogP contribution in [0.25, 0.3) is 33.1 Å². The number of rotatable bonds is 3. The quantitative estimate of drug-likeness (QED) is 0.166. The van der Waals surface area contributed by atoms with Crippen LogP contribution in [0.15, 0.2) is 138 Å². The van der Waals surface area contributed by atoms with Gasteiger partial charge in [0.1, 0.15) is 11.2 Å². The topological polar surface area (TPSA) is 19.6 Å². The second-order valence-electron chi connectivity index (χ2n) is 22.4. The van der Waals surface area contributed by atoms with Crippen molar-refractivity contribution in [2.75, 3.05) is 9.80 Å². The minimum Gasteiger partial charge on any atom is -0.455 e. The summed E-state index contributed by atoms with van der Waals surface area (Å²) < 4.78 is 6.85. The molecule has 0 fully saturated rings. The molecule has 0 atom stereocenters.